The van der Waals surface area contributed by atoms with Crippen LogP contribution in [0.2, 0.25) is 0 Å². The van der Waals surface area contributed by atoms with E-state index in [-0.39, 0.29) is 43.5 Å². The number of carbonyl (C=O) groups is 3. The molecule has 3 saturated carbocycles. The van der Waals surface area contributed by atoms with Crippen LogP contribution in [0.3, 0.4) is 0 Å². The first-order valence-electron chi connectivity index (χ1n) is 25.9. The van der Waals surface area contributed by atoms with Gasteiger partial charge in [0.2, 0.25) is 12.2 Å². The molecule has 73 heavy (non-hydrogen) atoms. The van der Waals surface area contributed by atoms with Gasteiger partial charge >= 0.3 is 0 Å². The number of aliphatic hydroxyl groups is 3. The number of allylic oxidation sites excluding steroid dienone is 4. The Kier molecular flexibility index (Phi) is 11.9. The Labute approximate surface area is 426 Å². The van der Waals surface area contributed by atoms with E-state index >= 15 is 9.59 Å². The van der Waals surface area contributed by atoms with Gasteiger partial charge in [0.05, 0.1) is 47.3 Å². The lowest BCUT2D eigenvalue weighted by atomic mass is 9.43. The molecule has 10 aliphatic rings. The molecule has 4 aliphatic carbocycles. The molecule has 2 aromatic carbocycles. The first-order chi connectivity index (χ1) is 34.6. The molecule has 1 amide bonds. The minimum Gasteiger partial charge on any atom is -0.482 e. The predicted octanol–water partition coefficient (Wildman–Crippen LogP) is 7.07. The molecule has 0 radical (unpaired) electrons. The fourth-order valence-corrected chi connectivity index (χ4v) is 13.5. The van der Waals surface area contributed by atoms with Gasteiger partial charge in [0, 0.05) is 58.6 Å². The Hall–Kier alpha value is -5.26. The molecule has 12 rings (SSSR count). The normalized spacial score (nSPS) is 35.3. The van der Waals surface area contributed by atoms with E-state index in [1.807, 2.05) is 71.0 Å². The van der Waals surface area contributed by atoms with Gasteiger partial charge in [-0.15, -0.1) is 0 Å². The highest BCUT2D eigenvalue weighted by Crippen LogP contribution is 2.75. The molecular weight excluding hydrogens is 933 g/mol. The first kappa shape index (κ1) is 49.9. The molecule has 12 atom stereocenters. The van der Waals surface area contributed by atoms with E-state index < -0.39 is 88.5 Å². The van der Waals surface area contributed by atoms with Gasteiger partial charge in [-0.2, -0.15) is 0 Å². The topological polar surface area (TPSA) is 201 Å². The third kappa shape index (κ3) is 7.45. The van der Waals surface area contributed by atoms with Crippen molar-refractivity contribution in [1.29, 1.82) is 0 Å². The number of ether oxygens (including phenoxy) is 7. The van der Waals surface area contributed by atoms with E-state index in [0.29, 0.717) is 81.1 Å². The average molecular weight is 1000 g/mol. The Balaban J connectivity index is 1.20. The van der Waals surface area contributed by atoms with Gasteiger partial charge in [-0.25, -0.2) is 0 Å². The summed E-state index contributed by atoms with van der Waals surface area (Å²) in [6.45, 7) is 19.2. The highest BCUT2D eigenvalue weighted by Gasteiger charge is 2.84. The zero-order valence-corrected chi connectivity index (χ0v) is 43.4. The van der Waals surface area contributed by atoms with Crippen LogP contribution in [0.25, 0.3) is 11.8 Å². The van der Waals surface area contributed by atoms with Crippen LogP contribution in [-0.2, 0) is 35.0 Å². The van der Waals surface area contributed by atoms with Crippen molar-refractivity contribution in [1.82, 2.24) is 5.32 Å². The molecule has 6 aliphatic heterocycles. The zero-order valence-electron chi connectivity index (χ0n) is 43.4. The monoisotopic (exact) mass is 1000 g/mol. The Morgan fingerprint density at radius 3 is 2.41 bits per heavy atom. The van der Waals surface area contributed by atoms with E-state index in [4.69, 9.17) is 38.2 Å². The molecule has 388 valence electrons. The van der Waals surface area contributed by atoms with Gasteiger partial charge in [0.1, 0.15) is 47.3 Å². The van der Waals surface area contributed by atoms with Gasteiger partial charge in [-0.3, -0.25) is 19.4 Å². The molecule has 0 aromatic heterocycles. The maximum absolute atomic E-state index is 16.1. The fraction of sp³-hybridized carbons (Fsp3) is 0.552. The molecule has 1 spiro atoms. The maximum atomic E-state index is 16.1. The number of aliphatic imine (C=N–C) groups is 1. The van der Waals surface area contributed by atoms with Crippen molar-refractivity contribution in [3.8, 4) is 17.2 Å². The third-order valence-electron chi connectivity index (χ3n) is 16.8. The van der Waals surface area contributed by atoms with Crippen molar-refractivity contribution in [3.05, 3.63) is 98.7 Å². The fourth-order valence-electron chi connectivity index (χ4n) is 13.5. The molecule has 6 heterocycles. The molecule has 15 heteroatoms. The van der Waals surface area contributed by atoms with Crippen LogP contribution in [-0.4, -0.2) is 117 Å². The SMILES string of the molecule is CC(C)=CCCC1(C)C=Cc2c(c(CC=C(C)C)c3c(c2O[C@H]2O[C@H]4COC(C)(C)O[C@@H]4[C@@H](O)[C@@H]2O)C2=C4C(C5CC6C(C)(C)OC(CC=C(C)C(=O)NCCO)(C5=O)C46O3)C3C(=O)c4ccccc4C3=N2)O1. The van der Waals surface area contributed by atoms with E-state index in [2.05, 4.69) is 31.3 Å². The van der Waals surface area contributed by atoms with Crippen LogP contribution < -0.4 is 19.5 Å². The highest BCUT2D eigenvalue weighted by molar-refractivity contribution is 6.31. The first-order valence-corrected chi connectivity index (χ1v) is 25.9. The van der Waals surface area contributed by atoms with Gasteiger partial charge in [0.25, 0.3) is 0 Å². The summed E-state index contributed by atoms with van der Waals surface area (Å²) in [5.41, 5.74) is 2.00. The van der Waals surface area contributed by atoms with Gasteiger partial charge in [-0.1, -0.05) is 53.6 Å². The van der Waals surface area contributed by atoms with Crippen LogP contribution in [0.4, 0.5) is 0 Å². The van der Waals surface area contributed by atoms with E-state index in [9.17, 15) is 20.1 Å². The smallest absolute Gasteiger partial charge is 0.246 e. The lowest BCUT2D eigenvalue weighted by Gasteiger charge is -2.62. The quantitative estimate of drug-likeness (QED) is 0.124. The number of Topliss-reactive ketones (excluding diaryl/α,β-unsaturated/α-hetero) is 2. The molecular formula is C58H68N2O13. The minimum atomic E-state index is -1.71. The molecule has 7 unspecified atom stereocenters. The number of amides is 1. The van der Waals surface area contributed by atoms with Crippen molar-refractivity contribution in [2.24, 2.45) is 28.7 Å². The molecule has 4 bridgehead atoms. The molecule has 3 saturated heterocycles. The second-order valence-electron chi connectivity index (χ2n) is 23.1. The molecule has 4 N–H and O–H groups in total. The van der Waals surface area contributed by atoms with Crippen LogP contribution in [0.5, 0.6) is 17.2 Å². The van der Waals surface area contributed by atoms with E-state index in [0.717, 1.165) is 12.0 Å². The van der Waals surface area contributed by atoms with Crippen molar-refractivity contribution < 1.29 is 62.9 Å². The zero-order chi connectivity index (χ0) is 51.9. The summed E-state index contributed by atoms with van der Waals surface area (Å²) < 4.78 is 48.4. The standard InChI is InChI=1S/C58H68N2O13/c1-28(2)14-13-21-56(10)22-20-34-47(71-56)33(18-17-29(3)4)49-40(48(34)69-53-46(64)45(63)50-36(68-53)27-67-55(8,9)70-50)43-41-38(39-42(60-43)31-15-11-12-16-32(31)44(39)62)35-26-37-54(6,7)73-57(51(35)65,58(37,41)72-49)23-19-30(5)52(66)59-24-25-61/h11-12,14-17,19-20,22,35-39,45-46,50,53,61,63-64H,13,18,21,23-27H2,1-10H3,(H,59,66)/t35?,36-,37?,38?,39?,45-,46-,50-,53+,56?,57?,58?/m0/s1. The van der Waals surface area contributed by atoms with Crippen LogP contribution >= 0.6 is 0 Å². The van der Waals surface area contributed by atoms with Gasteiger partial charge < -0.3 is 53.8 Å². The van der Waals surface area contributed by atoms with Crippen LogP contribution in [0.15, 0.2) is 75.9 Å². The number of hydrogen-bond donors (Lipinski definition) is 4. The molecule has 2 aromatic rings. The largest absolute Gasteiger partial charge is 0.482 e. The number of benzene rings is 2. The summed E-state index contributed by atoms with van der Waals surface area (Å²) in [7, 11) is 0. The van der Waals surface area contributed by atoms with Crippen molar-refractivity contribution >= 4 is 35.0 Å². The lowest BCUT2D eigenvalue weighted by Crippen LogP contribution is -2.75. The number of rotatable bonds is 12. The summed E-state index contributed by atoms with van der Waals surface area (Å²) in [5.74, 6) is -3.41. The summed E-state index contributed by atoms with van der Waals surface area (Å²) in [6, 6.07) is 7.43. The molecule has 15 nitrogen and oxygen atoms in total. The Bertz CT molecular complexity index is 2910. The number of fused-ring (bicyclic) bond motifs is 7. The van der Waals surface area contributed by atoms with E-state index in [1.165, 1.54) is 5.57 Å². The highest BCUT2D eigenvalue weighted by atomic mass is 16.8. The van der Waals surface area contributed by atoms with Crippen molar-refractivity contribution in [3.63, 3.8) is 0 Å². The van der Waals surface area contributed by atoms with Crippen molar-refractivity contribution in [2.45, 2.75) is 160 Å². The average Bonchev–Trinajstić information content (AvgIpc) is 3.70. The Morgan fingerprint density at radius 1 is 0.945 bits per heavy atom. The van der Waals surface area contributed by atoms with E-state index in [1.54, 1.807) is 26.8 Å². The summed E-state index contributed by atoms with van der Waals surface area (Å²) in [5, 5.41) is 36.1. The summed E-state index contributed by atoms with van der Waals surface area (Å²) in [6.07, 6.45) is 5.78. The number of hydrogen-bond acceptors (Lipinski definition) is 14. The summed E-state index contributed by atoms with van der Waals surface area (Å²) >= 11 is 0. The predicted molar refractivity (Wildman–Crippen MR) is 270 cm³/mol. The van der Waals surface area contributed by atoms with Crippen LogP contribution in [0.1, 0.15) is 128 Å². The summed E-state index contributed by atoms with van der Waals surface area (Å²) in [4.78, 5) is 50.1. The lowest BCUT2D eigenvalue weighted by molar-refractivity contribution is -0.373. The number of aliphatic hydroxyl groups excluding tert-OH is 3. The number of nitrogens with one attached hydrogen (secondary N) is 1. The second kappa shape index (κ2) is 17.4. The van der Waals surface area contributed by atoms with Crippen LogP contribution in [0, 0.1) is 23.7 Å². The number of nitrogens with zero attached hydrogens (tertiary/aromatic N) is 1. The minimum absolute atomic E-state index is 0.0440. The number of ketones is 2. The number of carbonyl (C=O) groups excluding carboxylic acids is 3. The maximum Gasteiger partial charge on any atom is 0.246 e. The molecule has 6 fully saturated rings. The third-order valence-corrected chi connectivity index (χ3v) is 16.8. The Morgan fingerprint density at radius 2 is 1.68 bits per heavy atom. The second-order valence-corrected chi connectivity index (χ2v) is 23.1. The van der Waals surface area contributed by atoms with Crippen molar-refractivity contribution in [2.75, 3.05) is 19.8 Å². The van der Waals surface area contributed by atoms with Gasteiger partial charge in [-0.05, 0) is 107 Å². The van der Waals surface area contributed by atoms with Gasteiger partial charge in [0.15, 0.2) is 28.6 Å².